The molecule has 0 aliphatic rings. The Labute approximate surface area is 121 Å². The minimum absolute atomic E-state index is 0.000950. The number of nitrogen functional groups attached to an aromatic ring is 1. The fraction of sp³-hybridized carbons (Fsp3) is 0.571. The monoisotopic (exact) mass is 300 g/mol. The standard InChI is InChI=1S/C14H24N2O3S/c1-4-11(5-2)16(9-10-17)12-7-6-8-13(14(12)15)20(3,18)19/h6-8,11,17H,4-5,9-10,15H2,1-3H3. The summed E-state index contributed by atoms with van der Waals surface area (Å²) >= 11 is 0. The van der Waals surface area contributed by atoms with Crippen LogP contribution in [0, 0.1) is 0 Å². The third-order valence-corrected chi connectivity index (χ3v) is 4.63. The molecule has 1 aromatic rings. The van der Waals surface area contributed by atoms with Gasteiger partial charge in [-0.15, -0.1) is 0 Å². The molecule has 0 saturated carbocycles. The van der Waals surface area contributed by atoms with Gasteiger partial charge >= 0.3 is 0 Å². The quantitative estimate of drug-likeness (QED) is 0.748. The molecule has 20 heavy (non-hydrogen) atoms. The molecular weight excluding hydrogens is 276 g/mol. The van der Waals surface area contributed by atoms with E-state index >= 15 is 0 Å². The second-order valence-electron chi connectivity index (χ2n) is 4.85. The highest BCUT2D eigenvalue weighted by Crippen LogP contribution is 2.32. The SMILES string of the molecule is CCC(CC)N(CCO)c1cccc(S(C)(=O)=O)c1N. The number of para-hydroxylation sites is 1. The molecule has 0 heterocycles. The normalized spacial score (nSPS) is 11.8. The van der Waals surface area contributed by atoms with E-state index in [-0.39, 0.29) is 23.2 Å². The molecule has 114 valence electrons. The molecule has 0 aromatic heterocycles. The van der Waals surface area contributed by atoms with Gasteiger partial charge in [-0.25, -0.2) is 8.42 Å². The van der Waals surface area contributed by atoms with Crippen molar-refractivity contribution in [2.45, 2.75) is 37.6 Å². The smallest absolute Gasteiger partial charge is 0.177 e. The van der Waals surface area contributed by atoms with Gasteiger partial charge in [-0.3, -0.25) is 0 Å². The maximum atomic E-state index is 11.7. The Balaban J connectivity index is 3.34. The van der Waals surface area contributed by atoms with Crippen LogP contribution in [-0.2, 0) is 9.84 Å². The third-order valence-electron chi connectivity index (χ3n) is 3.48. The van der Waals surface area contributed by atoms with E-state index in [1.165, 1.54) is 6.07 Å². The van der Waals surface area contributed by atoms with Gasteiger partial charge in [-0.1, -0.05) is 19.9 Å². The number of nitrogens with zero attached hydrogens (tertiary/aromatic N) is 1. The van der Waals surface area contributed by atoms with Crippen molar-refractivity contribution in [2.75, 3.05) is 30.0 Å². The van der Waals surface area contributed by atoms with Gasteiger partial charge in [0.1, 0.15) is 0 Å². The molecule has 0 amide bonds. The van der Waals surface area contributed by atoms with Gasteiger partial charge in [-0.2, -0.15) is 0 Å². The maximum absolute atomic E-state index is 11.7. The van der Waals surface area contributed by atoms with Crippen LogP contribution in [0.5, 0.6) is 0 Å². The van der Waals surface area contributed by atoms with Gasteiger partial charge in [0.25, 0.3) is 0 Å². The van der Waals surface area contributed by atoms with Crippen LogP contribution in [0.4, 0.5) is 11.4 Å². The predicted molar refractivity (Wildman–Crippen MR) is 82.8 cm³/mol. The summed E-state index contributed by atoms with van der Waals surface area (Å²) in [6.45, 7) is 4.56. The number of nitrogens with two attached hydrogens (primary N) is 1. The van der Waals surface area contributed by atoms with E-state index in [1.807, 2.05) is 4.90 Å². The van der Waals surface area contributed by atoms with Crippen LogP contribution in [0.3, 0.4) is 0 Å². The summed E-state index contributed by atoms with van der Waals surface area (Å²) in [5.41, 5.74) is 6.98. The first-order valence-electron chi connectivity index (χ1n) is 6.82. The van der Waals surface area contributed by atoms with Crippen LogP contribution < -0.4 is 10.6 Å². The minimum atomic E-state index is -3.36. The van der Waals surface area contributed by atoms with Crippen LogP contribution >= 0.6 is 0 Å². The lowest BCUT2D eigenvalue weighted by Gasteiger charge is -2.33. The highest BCUT2D eigenvalue weighted by Gasteiger charge is 2.21. The average Bonchev–Trinajstić information content (AvgIpc) is 2.38. The molecule has 1 rings (SSSR count). The Morgan fingerprint density at radius 1 is 1.30 bits per heavy atom. The number of benzene rings is 1. The second-order valence-corrected chi connectivity index (χ2v) is 6.83. The zero-order valence-electron chi connectivity index (χ0n) is 12.3. The Morgan fingerprint density at radius 3 is 2.35 bits per heavy atom. The maximum Gasteiger partial charge on any atom is 0.177 e. The van der Waals surface area contributed by atoms with Crippen LogP contribution in [0.25, 0.3) is 0 Å². The summed E-state index contributed by atoms with van der Waals surface area (Å²) in [5, 5.41) is 9.26. The van der Waals surface area contributed by atoms with Crippen molar-refractivity contribution < 1.29 is 13.5 Å². The third kappa shape index (κ3) is 3.64. The van der Waals surface area contributed by atoms with Gasteiger partial charge in [-0.05, 0) is 25.0 Å². The Bertz CT molecular complexity index is 539. The zero-order chi connectivity index (χ0) is 15.3. The molecule has 0 spiro atoms. The summed E-state index contributed by atoms with van der Waals surface area (Å²) in [4.78, 5) is 2.13. The number of sulfone groups is 1. The van der Waals surface area contributed by atoms with Crippen molar-refractivity contribution in [1.29, 1.82) is 0 Å². The number of hydrogen-bond donors (Lipinski definition) is 2. The van der Waals surface area contributed by atoms with Crippen LogP contribution in [0.15, 0.2) is 23.1 Å². The average molecular weight is 300 g/mol. The summed E-state index contributed by atoms with van der Waals surface area (Å²) in [6.07, 6.45) is 2.95. The van der Waals surface area contributed by atoms with Crippen LogP contribution in [0.2, 0.25) is 0 Å². The molecule has 0 saturated heterocycles. The van der Waals surface area contributed by atoms with Gasteiger partial charge in [0, 0.05) is 18.8 Å². The molecule has 0 unspecified atom stereocenters. The Morgan fingerprint density at radius 2 is 1.90 bits per heavy atom. The largest absolute Gasteiger partial charge is 0.396 e. The molecule has 0 fully saturated rings. The van der Waals surface area contributed by atoms with Crippen molar-refractivity contribution in [2.24, 2.45) is 0 Å². The van der Waals surface area contributed by atoms with E-state index in [9.17, 15) is 13.5 Å². The molecule has 0 aliphatic carbocycles. The first kappa shape index (κ1) is 16.8. The van der Waals surface area contributed by atoms with Crippen molar-refractivity contribution in [1.82, 2.24) is 0 Å². The van der Waals surface area contributed by atoms with E-state index in [0.717, 1.165) is 19.1 Å². The molecular formula is C14H24N2O3S. The van der Waals surface area contributed by atoms with E-state index in [1.54, 1.807) is 12.1 Å². The highest BCUT2D eigenvalue weighted by molar-refractivity contribution is 7.90. The van der Waals surface area contributed by atoms with Crippen molar-refractivity contribution in [3.05, 3.63) is 18.2 Å². The lowest BCUT2D eigenvalue weighted by Crippen LogP contribution is -2.37. The molecule has 0 radical (unpaired) electrons. The lowest BCUT2D eigenvalue weighted by molar-refractivity contribution is 0.296. The minimum Gasteiger partial charge on any atom is -0.396 e. The zero-order valence-corrected chi connectivity index (χ0v) is 13.2. The van der Waals surface area contributed by atoms with E-state index in [2.05, 4.69) is 13.8 Å². The van der Waals surface area contributed by atoms with E-state index in [0.29, 0.717) is 12.2 Å². The van der Waals surface area contributed by atoms with Gasteiger partial charge in [0.2, 0.25) is 0 Å². The van der Waals surface area contributed by atoms with Gasteiger partial charge in [0.05, 0.1) is 22.9 Å². The number of anilines is 2. The fourth-order valence-corrected chi connectivity index (χ4v) is 3.27. The summed E-state index contributed by atoms with van der Waals surface area (Å²) in [7, 11) is -3.36. The second kappa shape index (κ2) is 6.95. The molecule has 6 heteroatoms. The fourth-order valence-electron chi connectivity index (χ4n) is 2.44. The first-order valence-corrected chi connectivity index (χ1v) is 8.71. The Kier molecular flexibility index (Phi) is 5.83. The molecule has 3 N–H and O–H groups in total. The summed E-state index contributed by atoms with van der Waals surface area (Å²) in [6, 6.07) is 5.23. The first-order chi connectivity index (χ1) is 9.36. The molecule has 0 atom stereocenters. The van der Waals surface area contributed by atoms with Crippen molar-refractivity contribution in [3.8, 4) is 0 Å². The van der Waals surface area contributed by atoms with E-state index in [4.69, 9.17) is 5.73 Å². The molecule has 0 aliphatic heterocycles. The summed E-state index contributed by atoms with van der Waals surface area (Å²) < 4.78 is 23.5. The number of rotatable bonds is 7. The number of aliphatic hydroxyl groups excluding tert-OH is 1. The van der Waals surface area contributed by atoms with Crippen LogP contribution in [-0.4, -0.2) is 39.0 Å². The van der Waals surface area contributed by atoms with Gasteiger partial charge in [0.15, 0.2) is 9.84 Å². The number of aliphatic hydroxyl groups is 1. The topological polar surface area (TPSA) is 83.6 Å². The predicted octanol–water partition coefficient (Wildman–Crippen LogP) is 1.66. The molecule has 1 aromatic carbocycles. The van der Waals surface area contributed by atoms with Gasteiger partial charge < -0.3 is 15.7 Å². The van der Waals surface area contributed by atoms with Crippen molar-refractivity contribution >= 4 is 21.2 Å². The highest BCUT2D eigenvalue weighted by atomic mass is 32.2. The lowest BCUT2D eigenvalue weighted by atomic mass is 10.1. The number of hydrogen-bond acceptors (Lipinski definition) is 5. The van der Waals surface area contributed by atoms with E-state index < -0.39 is 9.84 Å². The van der Waals surface area contributed by atoms with Crippen LogP contribution in [0.1, 0.15) is 26.7 Å². The molecule has 5 nitrogen and oxygen atoms in total. The van der Waals surface area contributed by atoms with Crippen molar-refractivity contribution in [3.63, 3.8) is 0 Å². The Hall–Kier alpha value is -1.27. The summed E-state index contributed by atoms with van der Waals surface area (Å²) in [5.74, 6) is 0. The molecule has 0 bridgehead atoms.